The van der Waals surface area contributed by atoms with E-state index in [-0.39, 0.29) is 17.7 Å². The molecule has 0 bridgehead atoms. The first-order valence-electron chi connectivity index (χ1n) is 9.84. The molecule has 1 atom stereocenters. The van der Waals surface area contributed by atoms with Crippen molar-refractivity contribution >= 4 is 11.8 Å². The molecule has 0 saturated carbocycles. The second-order valence-corrected chi connectivity index (χ2v) is 7.57. The zero-order valence-electron chi connectivity index (χ0n) is 17.8. The summed E-state index contributed by atoms with van der Waals surface area (Å²) >= 11 is 0. The number of allylic oxidation sites excluding steroid dienone is 1. The highest BCUT2D eigenvalue weighted by atomic mass is 16.5. The molecule has 0 amide bonds. The summed E-state index contributed by atoms with van der Waals surface area (Å²) in [4.78, 5) is 38.8. The Morgan fingerprint density at radius 2 is 1.77 bits per heavy atom. The van der Waals surface area contributed by atoms with Gasteiger partial charge in [-0.2, -0.15) is 0 Å². The van der Waals surface area contributed by atoms with Gasteiger partial charge in [0.15, 0.2) is 0 Å². The summed E-state index contributed by atoms with van der Waals surface area (Å²) in [5.74, 6) is 0.0471. The molecule has 3 heterocycles. The number of rotatable bonds is 4. The average Bonchev–Trinajstić information content (AvgIpc) is 3.20. The Balaban J connectivity index is 1.84. The topological polar surface area (TPSA) is 95.5 Å². The lowest BCUT2D eigenvalue weighted by atomic mass is 9.85. The van der Waals surface area contributed by atoms with E-state index in [1.165, 1.54) is 11.6 Å². The smallest absolute Gasteiger partial charge is 0.337 e. The van der Waals surface area contributed by atoms with Crippen molar-refractivity contribution in [2.45, 2.75) is 26.4 Å². The highest BCUT2D eigenvalue weighted by Crippen LogP contribution is 2.40. The van der Waals surface area contributed by atoms with Crippen LogP contribution in [0.2, 0.25) is 0 Å². The van der Waals surface area contributed by atoms with Crippen LogP contribution < -0.4 is 16.6 Å². The van der Waals surface area contributed by atoms with E-state index in [9.17, 15) is 14.4 Å². The Hall–Kier alpha value is -3.81. The molecular weight excluding hydrogens is 398 g/mol. The molecule has 0 radical (unpaired) electrons. The van der Waals surface area contributed by atoms with Gasteiger partial charge in [0.25, 0.3) is 5.56 Å². The lowest BCUT2D eigenvalue weighted by Gasteiger charge is -2.29. The Morgan fingerprint density at radius 3 is 2.42 bits per heavy atom. The van der Waals surface area contributed by atoms with Crippen molar-refractivity contribution in [2.24, 2.45) is 14.1 Å². The first-order valence-corrected chi connectivity index (χ1v) is 9.84. The summed E-state index contributed by atoms with van der Waals surface area (Å²) in [6.07, 6.45) is 0. The molecule has 0 spiro atoms. The number of hydrogen-bond donors (Lipinski definition) is 1. The van der Waals surface area contributed by atoms with E-state index in [0.717, 1.165) is 10.1 Å². The predicted octanol–water partition coefficient (Wildman–Crippen LogP) is 2.56. The van der Waals surface area contributed by atoms with Crippen LogP contribution in [0, 0.1) is 6.92 Å². The van der Waals surface area contributed by atoms with Gasteiger partial charge in [-0.3, -0.25) is 13.9 Å². The van der Waals surface area contributed by atoms with Crippen LogP contribution in [-0.4, -0.2) is 15.1 Å². The molecule has 1 N–H and O–H groups in total. The van der Waals surface area contributed by atoms with Crippen molar-refractivity contribution in [3.63, 3.8) is 0 Å². The normalized spacial score (nSPS) is 15.4. The van der Waals surface area contributed by atoms with Gasteiger partial charge in [-0.15, -0.1) is 0 Å². The molecule has 3 aromatic rings. The molecule has 1 aliphatic rings. The molecule has 2 aromatic heterocycles. The number of hydrogen-bond acceptors (Lipinski definition) is 6. The summed E-state index contributed by atoms with van der Waals surface area (Å²) < 4.78 is 13.8. The molecule has 1 aliphatic heterocycles. The van der Waals surface area contributed by atoms with Crippen LogP contribution >= 0.6 is 0 Å². The number of anilines is 1. The van der Waals surface area contributed by atoms with Gasteiger partial charge >= 0.3 is 11.7 Å². The summed E-state index contributed by atoms with van der Waals surface area (Å²) in [7, 11) is 2.98. The zero-order chi connectivity index (χ0) is 22.3. The van der Waals surface area contributed by atoms with Gasteiger partial charge in [0, 0.05) is 19.8 Å². The van der Waals surface area contributed by atoms with Gasteiger partial charge in [0.2, 0.25) is 0 Å². The molecule has 0 fully saturated rings. The summed E-state index contributed by atoms with van der Waals surface area (Å²) in [5, 5.41) is 3.06. The highest BCUT2D eigenvalue weighted by molar-refractivity contribution is 5.94. The molecular formula is C23H23N3O5. The number of esters is 1. The van der Waals surface area contributed by atoms with Gasteiger partial charge in [-0.05, 0) is 31.5 Å². The second kappa shape index (κ2) is 7.79. The van der Waals surface area contributed by atoms with Crippen molar-refractivity contribution in [3.8, 4) is 0 Å². The SMILES string of the molecule is CC1=C(C(=O)OCc2ccccc2)C(c2ccc(C)o2)c2c(n(C)c(=O)n(C)c2=O)N1. The number of ether oxygens (including phenoxy) is 1. The number of carbonyl (C=O) groups excluding carboxylic acids is 1. The second-order valence-electron chi connectivity index (χ2n) is 7.57. The lowest BCUT2D eigenvalue weighted by molar-refractivity contribution is -0.140. The van der Waals surface area contributed by atoms with Crippen LogP contribution in [0.5, 0.6) is 0 Å². The van der Waals surface area contributed by atoms with Gasteiger partial charge in [0.05, 0.1) is 17.1 Å². The Morgan fingerprint density at radius 1 is 1.06 bits per heavy atom. The maximum absolute atomic E-state index is 13.2. The number of nitrogens with one attached hydrogen (secondary N) is 1. The minimum Gasteiger partial charge on any atom is -0.465 e. The van der Waals surface area contributed by atoms with E-state index in [1.54, 1.807) is 33.0 Å². The minimum atomic E-state index is -0.807. The number of aryl methyl sites for hydroxylation is 1. The molecule has 8 nitrogen and oxygen atoms in total. The van der Waals surface area contributed by atoms with Crippen molar-refractivity contribution < 1.29 is 13.9 Å². The monoisotopic (exact) mass is 421 g/mol. The van der Waals surface area contributed by atoms with Gasteiger partial charge in [-0.1, -0.05) is 30.3 Å². The lowest BCUT2D eigenvalue weighted by Crippen LogP contribution is -2.43. The van der Waals surface area contributed by atoms with Gasteiger partial charge < -0.3 is 14.5 Å². The molecule has 4 rings (SSSR count). The van der Waals surface area contributed by atoms with Crippen molar-refractivity contribution in [1.29, 1.82) is 0 Å². The standard InChI is InChI=1S/C23H23N3O5/c1-13-10-11-16(31-13)18-17(22(28)30-12-15-8-6-5-7-9-15)14(2)24-20-19(18)21(27)26(4)23(29)25(20)3/h5-11,18,24H,12H2,1-4H3. The van der Waals surface area contributed by atoms with E-state index in [0.29, 0.717) is 23.0 Å². The van der Waals surface area contributed by atoms with Crippen LogP contribution in [0.15, 0.2) is 67.7 Å². The van der Waals surface area contributed by atoms with Crippen molar-refractivity contribution in [1.82, 2.24) is 9.13 Å². The van der Waals surface area contributed by atoms with Crippen molar-refractivity contribution in [3.05, 3.63) is 97.2 Å². The van der Waals surface area contributed by atoms with E-state index < -0.39 is 23.1 Å². The Bertz CT molecular complexity index is 1310. The zero-order valence-corrected chi connectivity index (χ0v) is 17.8. The summed E-state index contributed by atoms with van der Waals surface area (Å²) in [6, 6.07) is 12.8. The number of aromatic nitrogens is 2. The van der Waals surface area contributed by atoms with Crippen LogP contribution in [0.4, 0.5) is 5.82 Å². The molecule has 160 valence electrons. The maximum Gasteiger partial charge on any atom is 0.337 e. The molecule has 0 saturated heterocycles. The molecule has 0 aliphatic carbocycles. The maximum atomic E-state index is 13.2. The molecule has 8 heteroatoms. The van der Waals surface area contributed by atoms with E-state index in [2.05, 4.69) is 5.32 Å². The first-order chi connectivity index (χ1) is 14.8. The van der Waals surface area contributed by atoms with Crippen LogP contribution in [0.3, 0.4) is 0 Å². The molecule has 1 unspecified atom stereocenters. The first kappa shape index (κ1) is 20.5. The quantitative estimate of drug-likeness (QED) is 0.651. The van der Waals surface area contributed by atoms with Gasteiger partial charge in [-0.25, -0.2) is 9.59 Å². The number of furan rings is 1. The third-order valence-corrected chi connectivity index (χ3v) is 5.47. The largest absolute Gasteiger partial charge is 0.465 e. The summed E-state index contributed by atoms with van der Waals surface area (Å²) in [6.45, 7) is 3.60. The average molecular weight is 421 g/mol. The van der Waals surface area contributed by atoms with Gasteiger partial charge in [0.1, 0.15) is 23.9 Å². The number of carbonyl (C=O) groups is 1. The third-order valence-electron chi connectivity index (χ3n) is 5.47. The van der Waals surface area contributed by atoms with E-state index in [4.69, 9.17) is 9.15 Å². The minimum absolute atomic E-state index is 0.0957. The number of nitrogens with zero attached hydrogens (tertiary/aromatic N) is 2. The van der Waals surface area contributed by atoms with Crippen LogP contribution in [0.1, 0.15) is 35.5 Å². The molecule has 1 aromatic carbocycles. The number of benzene rings is 1. The fourth-order valence-electron chi connectivity index (χ4n) is 3.85. The van der Waals surface area contributed by atoms with E-state index >= 15 is 0 Å². The highest BCUT2D eigenvalue weighted by Gasteiger charge is 2.39. The fraction of sp³-hybridized carbons (Fsp3) is 0.261. The van der Waals surface area contributed by atoms with Crippen LogP contribution in [0.25, 0.3) is 0 Å². The molecule has 31 heavy (non-hydrogen) atoms. The summed E-state index contributed by atoms with van der Waals surface area (Å²) in [5.41, 5.74) is 0.915. The van der Waals surface area contributed by atoms with Crippen LogP contribution in [-0.2, 0) is 30.2 Å². The fourth-order valence-corrected chi connectivity index (χ4v) is 3.85. The van der Waals surface area contributed by atoms with Crippen molar-refractivity contribution in [2.75, 3.05) is 5.32 Å². The van der Waals surface area contributed by atoms with E-state index in [1.807, 2.05) is 30.3 Å². The Kier molecular flexibility index (Phi) is 5.14. The Labute approximate surface area is 178 Å². The predicted molar refractivity (Wildman–Crippen MR) is 115 cm³/mol. The number of fused-ring (bicyclic) bond motifs is 1. The third kappa shape index (κ3) is 3.50.